The topological polar surface area (TPSA) is 61.8 Å². The molecule has 0 aliphatic rings. The highest BCUT2D eigenvalue weighted by Crippen LogP contribution is 2.15. The first-order valence-electron chi connectivity index (χ1n) is 14.1. The molecule has 0 aromatic heterocycles. The van der Waals surface area contributed by atoms with E-state index in [4.69, 9.17) is 14.2 Å². The van der Waals surface area contributed by atoms with Gasteiger partial charge in [-0.05, 0) is 77.4 Å². The van der Waals surface area contributed by atoms with Gasteiger partial charge in [-0.25, -0.2) is 9.59 Å². The maximum Gasteiger partial charge on any atom is 0.330 e. The molecule has 0 radical (unpaired) electrons. The van der Waals surface area contributed by atoms with E-state index in [9.17, 15) is 9.59 Å². The fourth-order valence-corrected chi connectivity index (χ4v) is 3.94. The summed E-state index contributed by atoms with van der Waals surface area (Å²) in [5, 5.41) is 0. The molecule has 0 unspecified atom stereocenters. The lowest BCUT2D eigenvalue weighted by atomic mass is 10.1. The smallest absolute Gasteiger partial charge is 0.330 e. The summed E-state index contributed by atoms with van der Waals surface area (Å²) in [6.45, 7) is 7.86. The van der Waals surface area contributed by atoms with Crippen molar-refractivity contribution in [1.82, 2.24) is 0 Å². The molecule has 0 spiro atoms. The third-order valence-electron chi connectivity index (χ3n) is 6.43. The van der Waals surface area contributed by atoms with Gasteiger partial charge in [-0.2, -0.15) is 0 Å². The van der Waals surface area contributed by atoms with Crippen molar-refractivity contribution in [2.75, 3.05) is 13.2 Å². The standard InChI is InChI=1S/C39H32O5/c1-3-38(40)42-27-25-34-13-9-30(10-14-34)5-6-32-17-19-36(20-18-32)29-44-37-23-21-33(22-24-37)8-7-31-11-15-35(16-12-31)26-28-43-39(41)4-2/h3-4,9-24H,1-2,25-29H2. The Labute approximate surface area is 258 Å². The van der Waals surface area contributed by atoms with Gasteiger partial charge >= 0.3 is 11.9 Å². The van der Waals surface area contributed by atoms with Gasteiger partial charge in [0, 0.05) is 47.2 Å². The fraction of sp³-hybridized carbons (Fsp3) is 0.128. The molecule has 218 valence electrons. The van der Waals surface area contributed by atoms with Gasteiger partial charge in [0.25, 0.3) is 0 Å². The molecule has 0 aliphatic carbocycles. The van der Waals surface area contributed by atoms with E-state index < -0.39 is 11.9 Å². The van der Waals surface area contributed by atoms with Gasteiger partial charge < -0.3 is 14.2 Å². The van der Waals surface area contributed by atoms with Crippen LogP contribution in [0.15, 0.2) is 122 Å². The van der Waals surface area contributed by atoms with E-state index in [2.05, 4.69) is 36.8 Å². The molecule has 5 nitrogen and oxygen atoms in total. The Morgan fingerprint density at radius 2 is 0.864 bits per heavy atom. The molecule has 4 aromatic carbocycles. The van der Waals surface area contributed by atoms with E-state index in [0.717, 1.165) is 56.8 Å². The minimum absolute atomic E-state index is 0.321. The van der Waals surface area contributed by atoms with Crippen molar-refractivity contribution >= 4 is 11.9 Å². The molecule has 0 saturated carbocycles. The Morgan fingerprint density at radius 1 is 0.523 bits per heavy atom. The summed E-state index contributed by atoms with van der Waals surface area (Å²) >= 11 is 0. The fourth-order valence-electron chi connectivity index (χ4n) is 3.94. The van der Waals surface area contributed by atoms with Crippen molar-refractivity contribution in [2.24, 2.45) is 0 Å². The Kier molecular flexibility index (Phi) is 11.8. The van der Waals surface area contributed by atoms with E-state index >= 15 is 0 Å². The minimum atomic E-state index is -0.413. The van der Waals surface area contributed by atoms with Gasteiger partial charge in [0.15, 0.2) is 0 Å². The van der Waals surface area contributed by atoms with Crippen LogP contribution in [0.1, 0.15) is 38.9 Å². The number of benzene rings is 4. The third-order valence-corrected chi connectivity index (χ3v) is 6.43. The van der Waals surface area contributed by atoms with Crippen LogP contribution in [0.5, 0.6) is 5.75 Å². The first-order valence-corrected chi connectivity index (χ1v) is 14.1. The van der Waals surface area contributed by atoms with Crippen molar-refractivity contribution in [3.63, 3.8) is 0 Å². The molecule has 0 saturated heterocycles. The summed E-state index contributed by atoms with van der Waals surface area (Å²) in [5.41, 5.74) is 6.82. The van der Waals surface area contributed by atoms with Crippen LogP contribution in [0.4, 0.5) is 0 Å². The third kappa shape index (κ3) is 10.6. The largest absolute Gasteiger partial charge is 0.489 e. The highest BCUT2D eigenvalue weighted by Gasteiger charge is 2.00. The zero-order chi connectivity index (χ0) is 31.0. The van der Waals surface area contributed by atoms with E-state index in [0.29, 0.717) is 32.7 Å². The number of rotatable bonds is 11. The monoisotopic (exact) mass is 580 g/mol. The molecule has 5 heteroatoms. The van der Waals surface area contributed by atoms with Crippen LogP contribution in [0.25, 0.3) is 0 Å². The second-order valence-electron chi connectivity index (χ2n) is 9.65. The summed E-state index contributed by atoms with van der Waals surface area (Å²) < 4.78 is 16.0. The van der Waals surface area contributed by atoms with Crippen LogP contribution in [0, 0.1) is 23.7 Å². The molecule has 4 rings (SSSR count). The SMILES string of the molecule is C=CC(=O)OCCc1ccc(C#Cc2ccc(COc3ccc(C#Cc4ccc(CCOC(=O)C=C)cc4)cc3)cc2)cc1. The first-order chi connectivity index (χ1) is 21.5. The van der Waals surface area contributed by atoms with Crippen molar-refractivity contribution < 1.29 is 23.8 Å². The Balaban J connectivity index is 1.22. The van der Waals surface area contributed by atoms with Crippen LogP contribution >= 0.6 is 0 Å². The molecule has 0 atom stereocenters. The maximum absolute atomic E-state index is 11.1. The van der Waals surface area contributed by atoms with Gasteiger partial charge in [0.1, 0.15) is 12.4 Å². The molecular formula is C39H32O5. The second kappa shape index (κ2) is 16.6. The summed E-state index contributed by atoms with van der Waals surface area (Å²) in [4.78, 5) is 22.3. The lowest BCUT2D eigenvalue weighted by Crippen LogP contribution is -2.04. The van der Waals surface area contributed by atoms with E-state index in [1.165, 1.54) is 0 Å². The number of esters is 2. The zero-order valence-electron chi connectivity index (χ0n) is 24.4. The Hall–Kier alpha value is -5.78. The van der Waals surface area contributed by atoms with Gasteiger partial charge in [0.05, 0.1) is 13.2 Å². The number of carbonyl (C=O) groups is 2. The van der Waals surface area contributed by atoms with Crippen LogP contribution in [-0.2, 0) is 38.5 Å². The Bertz CT molecular complexity index is 1560. The van der Waals surface area contributed by atoms with Crippen molar-refractivity contribution in [3.8, 4) is 29.4 Å². The average Bonchev–Trinajstić information content (AvgIpc) is 3.07. The highest BCUT2D eigenvalue weighted by molar-refractivity contribution is 5.81. The summed E-state index contributed by atoms with van der Waals surface area (Å²) in [6.07, 6.45) is 3.61. The van der Waals surface area contributed by atoms with E-state index in [1.54, 1.807) is 0 Å². The summed E-state index contributed by atoms with van der Waals surface area (Å²) in [6, 6.07) is 31.5. The molecule has 0 heterocycles. The molecule has 0 aliphatic heterocycles. The van der Waals surface area contributed by atoms with Crippen LogP contribution < -0.4 is 4.74 Å². The molecule has 44 heavy (non-hydrogen) atoms. The highest BCUT2D eigenvalue weighted by atomic mass is 16.5. The van der Waals surface area contributed by atoms with Crippen molar-refractivity contribution in [1.29, 1.82) is 0 Å². The number of hydrogen-bond acceptors (Lipinski definition) is 5. The molecule has 0 N–H and O–H groups in total. The molecule has 0 amide bonds. The van der Waals surface area contributed by atoms with Gasteiger partial charge in [-0.3, -0.25) is 0 Å². The van der Waals surface area contributed by atoms with Crippen LogP contribution in [0.2, 0.25) is 0 Å². The minimum Gasteiger partial charge on any atom is -0.489 e. The first kappa shape index (κ1) is 31.2. The normalized spacial score (nSPS) is 9.82. The Morgan fingerprint density at radius 3 is 1.23 bits per heavy atom. The second-order valence-corrected chi connectivity index (χ2v) is 9.65. The van der Waals surface area contributed by atoms with Gasteiger partial charge in [-0.15, -0.1) is 0 Å². The molecule has 0 fully saturated rings. The van der Waals surface area contributed by atoms with Crippen molar-refractivity contribution in [2.45, 2.75) is 19.4 Å². The van der Waals surface area contributed by atoms with Crippen LogP contribution in [0.3, 0.4) is 0 Å². The van der Waals surface area contributed by atoms with E-state index in [1.807, 2.05) is 97.1 Å². The lowest BCUT2D eigenvalue weighted by molar-refractivity contribution is -0.138. The molecule has 4 aromatic rings. The summed E-state index contributed by atoms with van der Waals surface area (Å²) in [5.74, 6) is 12.7. The van der Waals surface area contributed by atoms with Crippen LogP contribution in [-0.4, -0.2) is 25.2 Å². The number of hydrogen-bond donors (Lipinski definition) is 0. The van der Waals surface area contributed by atoms with E-state index in [-0.39, 0.29) is 0 Å². The lowest BCUT2D eigenvalue weighted by Gasteiger charge is -2.06. The maximum atomic E-state index is 11.1. The summed E-state index contributed by atoms with van der Waals surface area (Å²) in [7, 11) is 0. The van der Waals surface area contributed by atoms with Crippen molar-refractivity contribution in [3.05, 3.63) is 161 Å². The number of carbonyl (C=O) groups excluding carboxylic acids is 2. The predicted octanol–water partition coefficient (Wildman–Crippen LogP) is 6.61. The number of ether oxygens (including phenoxy) is 3. The molecule has 0 bridgehead atoms. The molecular weight excluding hydrogens is 548 g/mol. The zero-order valence-corrected chi connectivity index (χ0v) is 24.4. The average molecular weight is 581 g/mol. The van der Waals surface area contributed by atoms with Gasteiger partial charge in [-0.1, -0.05) is 73.2 Å². The quantitative estimate of drug-likeness (QED) is 0.114. The predicted molar refractivity (Wildman–Crippen MR) is 172 cm³/mol. The van der Waals surface area contributed by atoms with Gasteiger partial charge in [0.2, 0.25) is 0 Å².